The van der Waals surface area contributed by atoms with Gasteiger partial charge >= 0.3 is 11.6 Å². The number of benzene rings is 1. The minimum atomic E-state index is -0.408. The molecule has 0 unspecified atom stereocenters. The molecule has 8 nitrogen and oxygen atoms in total. The Hall–Kier alpha value is -3.13. The number of ether oxygens (including phenoxy) is 1. The first-order valence-electron chi connectivity index (χ1n) is 12.3. The van der Waals surface area contributed by atoms with Gasteiger partial charge in [0.25, 0.3) is 0 Å². The van der Waals surface area contributed by atoms with Gasteiger partial charge in [-0.25, -0.2) is 0 Å². The van der Waals surface area contributed by atoms with E-state index in [0.29, 0.717) is 29.7 Å². The Bertz CT molecular complexity index is 1190. The highest BCUT2D eigenvalue weighted by molar-refractivity contribution is 6.04. The molecule has 180 valence electrons. The summed E-state index contributed by atoms with van der Waals surface area (Å²) in [6, 6.07) is 9.22. The SMILES string of the molecule is CC(C)c1cccc(C(=O)Nc2cc3cn([C@H]4CC[C@H](O)CC4)nc3cc2OCC2CC2)[n+]1O. The first kappa shape index (κ1) is 22.7. The van der Waals surface area contributed by atoms with Crippen molar-refractivity contribution in [2.45, 2.75) is 70.4 Å². The Morgan fingerprint density at radius 2 is 1.97 bits per heavy atom. The van der Waals surface area contributed by atoms with Crippen molar-refractivity contribution >= 4 is 22.5 Å². The number of carbonyl (C=O) groups excluding carboxylic acids is 1. The molecule has 2 fully saturated rings. The molecule has 0 atom stereocenters. The van der Waals surface area contributed by atoms with E-state index >= 15 is 0 Å². The van der Waals surface area contributed by atoms with Crippen molar-refractivity contribution < 1.29 is 24.6 Å². The zero-order valence-corrected chi connectivity index (χ0v) is 19.8. The number of aliphatic hydroxyl groups is 1. The van der Waals surface area contributed by atoms with Crippen LogP contribution in [0.5, 0.6) is 5.75 Å². The molecule has 3 aromatic rings. The summed E-state index contributed by atoms with van der Waals surface area (Å²) in [6.07, 6.45) is 7.48. The Kier molecular flexibility index (Phi) is 6.16. The zero-order chi connectivity index (χ0) is 23.8. The van der Waals surface area contributed by atoms with Gasteiger partial charge < -0.3 is 15.2 Å². The van der Waals surface area contributed by atoms with Gasteiger partial charge in [0.05, 0.1) is 30.0 Å². The standard InChI is InChI=1S/C26H32N4O4/c1-16(2)23-4-3-5-24(30(23)33)26(32)27-22-12-18-14-29(19-8-10-20(31)11-9-19)28-21(18)13-25(22)34-15-17-6-7-17/h3-5,12-14,16-17,19-20,31H,6-11,15H2,1-2H3,(H-,27,32,33)/p+1/t19-,20-. The van der Waals surface area contributed by atoms with Crippen molar-refractivity contribution in [1.82, 2.24) is 9.78 Å². The number of nitrogens with zero attached hydrogens (tertiary/aromatic N) is 3. The van der Waals surface area contributed by atoms with E-state index in [-0.39, 0.29) is 23.8 Å². The molecular weight excluding hydrogens is 432 g/mol. The number of amides is 1. The summed E-state index contributed by atoms with van der Waals surface area (Å²) in [7, 11) is 0. The Labute approximate surface area is 199 Å². The molecule has 0 bridgehead atoms. The smallest absolute Gasteiger partial charge is 0.325 e. The molecule has 1 aromatic carbocycles. The van der Waals surface area contributed by atoms with E-state index in [2.05, 4.69) is 5.32 Å². The number of aliphatic hydroxyl groups excluding tert-OH is 1. The van der Waals surface area contributed by atoms with E-state index in [9.17, 15) is 15.1 Å². The number of rotatable bonds is 7. The lowest BCUT2D eigenvalue weighted by Gasteiger charge is -2.25. The van der Waals surface area contributed by atoms with Gasteiger partial charge in [-0.05, 0) is 56.6 Å². The highest BCUT2D eigenvalue weighted by atomic mass is 16.5. The molecule has 3 N–H and O–H groups in total. The summed E-state index contributed by atoms with van der Waals surface area (Å²) >= 11 is 0. The molecule has 0 saturated heterocycles. The van der Waals surface area contributed by atoms with Crippen molar-refractivity contribution in [3.05, 3.63) is 47.9 Å². The summed E-state index contributed by atoms with van der Waals surface area (Å²) < 4.78 is 9.04. The quantitative estimate of drug-likeness (QED) is 0.359. The average molecular weight is 466 g/mol. The molecule has 2 aliphatic carbocycles. The van der Waals surface area contributed by atoms with Crippen LogP contribution in [-0.4, -0.2) is 38.7 Å². The van der Waals surface area contributed by atoms with Gasteiger partial charge in [0.2, 0.25) is 5.69 Å². The maximum Gasteiger partial charge on any atom is 0.325 e. The second-order valence-electron chi connectivity index (χ2n) is 9.99. The fraction of sp³-hybridized carbons (Fsp3) is 0.500. The van der Waals surface area contributed by atoms with E-state index in [1.807, 2.05) is 36.9 Å². The molecular formula is C26H33N4O4+. The number of fused-ring (bicyclic) bond motifs is 1. The maximum atomic E-state index is 13.1. The highest BCUT2D eigenvalue weighted by Crippen LogP contribution is 2.36. The molecule has 2 heterocycles. The highest BCUT2D eigenvalue weighted by Gasteiger charge is 2.28. The largest absolute Gasteiger partial charge is 0.491 e. The molecule has 5 rings (SSSR count). The van der Waals surface area contributed by atoms with E-state index < -0.39 is 5.91 Å². The van der Waals surface area contributed by atoms with Crippen molar-refractivity contribution in [1.29, 1.82) is 0 Å². The number of carbonyl (C=O) groups is 1. The second kappa shape index (κ2) is 9.25. The second-order valence-corrected chi connectivity index (χ2v) is 9.99. The lowest BCUT2D eigenvalue weighted by atomic mass is 9.93. The molecule has 0 aliphatic heterocycles. The van der Waals surface area contributed by atoms with Gasteiger partial charge in [0.15, 0.2) is 0 Å². The van der Waals surface area contributed by atoms with Crippen LogP contribution < -0.4 is 14.8 Å². The average Bonchev–Trinajstić information content (AvgIpc) is 3.55. The Morgan fingerprint density at radius 1 is 1.21 bits per heavy atom. The Balaban J connectivity index is 1.45. The van der Waals surface area contributed by atoms with Crippen LogP contribution >= 0.6 is 0 Å². The van der Waals surface area contributed by atoms with Crippen LogP contribution in [0.15, 0.2) is 36.5 Å². The number of nitrogens with one attached hydrogen (secondary N) is 1. The summed E-state index contributed by atoms with van der Waals surface area (Å²) in [5.74, 6) is 0.807. The third-order valence-electron chi connectivity index (χ3n) is 6.90. The Morgan fingerprint density at radius 3 is 2.68 bits per heavy atom. The predicted molar refractivity (Wildman–Crippen MR) is 127 cm³/mol. The van der Waals surface area contributed by atoms with Crippen LogP contribution in [0.2, 0.25) is 0 Å². The van der Waals surface area contributed by atoms with Crippen LogP contribution in [0, 0.1) is 5.92 Å². The number of hydrogen-bond acceptors (Lipinski definition) is 5. The van der Waals surface area contributed by atoms with Gasteiger partial charge in [-0.1, -0.05) is 13.8 Å². The lowest BCUT2D eigenvalue weighted by molar-refractivity contribution is -0.911. The van der Waals surface area contributed by atoms with E-state index in [1.54, 1.807) is 18.2 Å². The summed E-state index contributed by atoms with van der Waals surface area (Å²) in [5.41, 5.74) is 2.20. The summed E-state index contributed by atoms with van der Waals surface area (Å²) in [5, 5.41) is 29.1. The molecule has 0 spiro atoms. The molecule has 2 saturated carbocycles. The first-order valence-corrected chi connectivity index (χ1v) is 12.3. The molecule has 2 aliphatic rings. The van der Waals surface area contributed by atoms with Crippen molar-refractivity contribution in [3.63, 3.8) is 0 Å². The molecule has 2 aromatic heterocycles. The first-order chi connectivity index (χ1) is 16.4. The van der Waals surface area contributed by atoms with Crippen LogP contribution in [0.25, 0.3) is 10.9 Å². The van der Waals surface area contributed by atoms with Crippen molar-refractivity contribution in [3.8, 4) is 5.75 Å². The van der Waals surface area contributed by atoms with Crippen LogP contribution in [0.3, 0.4) is 0 Å². The number of anilines is 1. The third-order valence-corrected chi connectivity index (χ3v) is 6.90. The van der Waals surface area contributed by atoms with E-state index in [1.165, 1.54) is 12.8 Å². The topological polar surface area (TPSA) is 100 Å². The van der Waals surface area contributed by atoms with Crippen LogP contribution in [0.4, 0.5) is 5.69 Å². The van der Waals surface area contributed by atoms with Gasteiger partial charge in [-0.15, -0.1) is 0 Å². The van der Waals surface area contributed by atoms with Gasteiger partial charge in [0, 0.05) is 40.4 Å². The monoisotopic (exact) mass is 465 g/mol. The van der Waals surface area contributed by atoms with Crippen LogP contribution in [0.1, 0.15) is 80.5 Å². The number of pyridine rings is 1. The fourth-order valence-corrected chi connectivity index (χ4v) is 4.60. The third kappa shape index (κ3) is 4.73. The molecule has 0 radical (unpaired) electrons. The molecule has 34 heavy (non-hydrogen) atoms. The van der Waals surface area contributed by atoms with Gasteiger partial charge in [-0.3, -0.25) is 14.7 Å². The van der Waals surface area contributed by atoms with Crippen molar-refractivity contribution in [2.75, 3.05) is 11.9 Å². The minimum absolute atomic E-state index is 0.0678. The van der Waals surface area contributed by atoms with E-state index in [4.69, 9.17) is 9.84 Å². The van der Waals surface area contributed by atoms with Gasteiger partial charge in [0.1, 0.15) is 5.75 Å². The summed E-state index contributed by atoms with van der Waals surface area (Å²) in [6.45, 7) is 4.54. The molecule has 8 heteroatoms. The zero-order valence-electron chi connectivity index (χ0n) is 19.8. The normalized spacial score (nSPS) is 20.6. The predicted octanol–water partition coefficient (Wildman–Crippen LogP) is 4.20. The number of hydrogen-bond donors (Lipinski definition) is 3. The fourth-order valence-electron chi connectivity index (χ4n) is 4.60. The molecule has 1 amide bonds. The minimum Gasteiger partial charge on any atom is -0.491 e. The van der Waals surface area contributed by atoms with Crippen molar-refractivity contribution in [2.24, 2.45) is 5.92 Å². The van der Waals surface area contributed by atoms with E-state index in [0.717, 1.165) is 41.3 Å². The van der Waals surface area contributed by atoms with Crippen LogP contribution in [-0.2, 0) is 0 Å². The lowest BCUT2D eigenvalue weighted by Crippen LogP contribution is -2.43. The maximum absolute atomic E-state index is 13.1. The van der Waals surface area contributed by atoms with Gasteiger partial charge in [-0.2, -0.15) is 5.10 Å². The summed E-state index contributed by atoms with van der Waals surface area (Å²) in [4.78, 5) is 13.1. The number of aromatic nitrogens is 3.